The average molecular weight is 465 g/mol. The van der Waals surface area contributed by atoms with Gasteiger partial charge in [-0.25, -0.2) is 15.1 Å². The number of alkyl carbamates (subject to hydrolysis) is 1. The molecule has 0 spiro atoms. The summed E-state index contributed by atoms with van der Waals surface area (Å²) in [5.74, 6) is -1.09. The highest BCUT2D eigenvalue weighted by Gasteiger charge is 2.50. The van der Waals surface area contributed by atoms with E-state index in [4.69, 9.17) is 14.7 Å². The molecule has 0 aromatic heterocycles. The van der Waals surface area contributed by atoms with E-state index in [9.17, 15) is 14.4 Å². The number of carboxylic acids is 1. The maximum atomic E-state index is 12.6. The fourth-order valence-corrected chi connectivity index (χ4v) is 5.68. The van der Waals surface area contributed by atoms with Crippen LogP contribution >= 0.6 is 0 Å². The van der Waals surface area contributed by atoms with Gasteiger partial charge in [0.25, 0.3) is 0 Å². The van der Waals surface area contributed by atoms with Crippen molar-refractivity contribution in [1.29, 1.82) is 0 Å². The number of amides is 2. The highest BCUT2D eigenvalue weighted by molar-refractivity contribution is 5.80. The summed E-state index contributed by atoms with van der Waals surface area (Å²) < 4.78 is 5.65. The Morgan fingerprint density at radius 2 is 1.65 bits per heavy atom. The zero-order chi connectivity index (χ0) is 23.8. The number of nitrogens with one attached hydrogen (secondary N) is 2. The van der Waals surface area contributed by atoms with Gasteiger partial charge in [0, 0.05) is 17.9 Å². The van der Waals surface area contributed by atoms with E-state index < -0.39 is 18.2 Å². The molecule has 0 bridgehead atoms. The largest absolute Gasteiger partial charge is 0.479 e. The third-order valence-electron chi connectivity index (χ3n) is 7.52. The lowest BCUT2D eigenvalue weighted by atomic mass is 9.71. The van der Waals surface area contributed by atoms with Crippen molar-refractivity contribution >= 4 is 18.0 Å². The number of hydrogen-bond acceptors (Lipinski definition) is 5. The molecule has 8 heteroatoms. The summed E-state index contributed by atoms with van der Waals surface area (Å²) in [4.78, 5) is 40.6. The Morgan fingerprint density at radius 3 is 2.29 bits per heavy atom. The normalized spacial score (nSPS) is 25.3. The molecule has 5 unspecified atom stereocenters. The van der Waals surface area contributed by atoms with Gasteiger partial charge in [0.05, 0.1) is 0 Å². The molecule has 0 radical (unpaired) electrons. The van der Waals surface area contributed by atoms with E-state index in [1.54, 1.807) is 0 Å². The smallest absolute Gasteiger partial charge is 0.407 e. The Labute approximate surface area is 197 Å². The first-order valence-corrected chi connectivity index (χ1v) is 11.7. The number of aliphatic carboxylic acids is 1. The molecule has 5 rings (SSSR count). The van der Waals surface area contributed by atoms with Gasteiger partial charge in [-0.3, -0.25) is 9.63 Å². The molecule has 8 nitrogen and oxygen atoms in total. The average Bonchev–Trinajstić information content (AvgIpc) is 3.34. The molecule has 2 aromatic carbocycles. The van der Waals surface area contributed by atoms with Gasteiger partial charge in [0.1, 0.15) is 6.61 Å². The van der Waals surface area contributed by atoms with E-state index in [2.05, 4.69) is 35.1 Å². The first kappa shape index (κ1) is 22.4. The molecular formula is C26H28N2O6. The van der Waals surface area contributed by atoms with E-state index in [0.717, 1.165) is 6.42 Å². The Balaban J connectivity index is 1.12. The first-order valence-electron chi connectivity index (χ1n) is 11.7. The van der Waals surface area contributed by atoms with Crippen LogP contribution in [0.15, 0.2) is 48.5 Å². The summed E-state index contributed by atoms with van der Waals surface area (Å²) >= 11 is 0. The second-order valence-corrected chi connectivity index (χ2v) is 9.47. The molecule has 34 heavy (non-hydrogen) atoms. The van der Waals surface area contributed by atoms with Crippen LogP contribution in [-0.4, -0.2) is 41.8 Å². The monoisotopic (exact) mass is 464 g/mol. The Kier molecular flexibility index (Phi) is 6.00. The molecule has 2 saturated carbocycles. The zero-order valence-corrected chi connectivity index (χ0v) is 18.9. The molecular weight excluding hydrogens is 436 g/mol. The van der Waals surface area contributed by atoms with E-state index in [-0.39, 0.29) is 36.3 Å². The molecule has 0 heterocycles. The third kappa shape index (κ3) is 4.14. The van der Waals surface area contributed by atoms with Crippen molar-refractivity contribution in [2.24, 2.45) is 17.8 Å². The maximum Gasteiger partial charge on any atom is 0.407 e. The number of carbonyl (C=O) groups excluding carboxylic acids is 2. The van der Waals surface area contributed by atoms with Crippen molar-refractivity contribution in [1.82, 2.24) is 10.8 Å². The topological polar surface area (TPSA) is 114 Å². The van der Waals surface area contributed by atoms with Crippen LogP contribution in [0.2, 0.25) is 0 Å². The summed E-state index contributed by atoms with van der Waals surface area (Å²) in [6.07, 6.45) is 0.618. The van der Waals surface area contributed by atoms with E-state index in [1.807, 2.05) is 24.3 Å². The Bertz CT molecular complexity index is 1070. The Morgan fingerprint density at radius 1 is 1.00 bits per heavy atom. The quantitative estimate of drug-likeness (QED) is 0.541. The van der Waals surface area contributed by atoms with Crippen LogP contribution < -0.4 is 10.8 Å². The summed E-state index contributed by atoms with van der Waals surface area (Å²) in [6.45, 7) is 1.63. The fourth-order valence-electron chi connectivity index (χ4n) is 5.68. The van der Waals surface area contributed by atoms with Crippen LogP contribution in [0.5, 0.6) is 0 Å². The summed E-state index contributed by atoms with van der Waals surface area (Å²) in [7, 11) is 0. The predicted octanol–water partition coefficient (Wildman–Crippen LogP) is 3.46. The first-order chi connectivity index (χ1) is 16.4. The van der Waals surface area contributed by atoms with Crippen LogP contribution in [-0.2, 0) is 19.2 Å². The minimum absolute atomic E-state index is 0.0139. The van der Waals surface area contributed by atoms with Crippen molar-refractivity contribution in [3.63, 3.8) is 0 Å². The van der Waals surface area contributed by atoms with Crippen LogP contribution in [0.1, 0.15) is 43.2 Å². The van der Waals surface area contributed by atoms with E-state index in [0.29, 0.717) is 18.8 Å². The molecule has 5 atom stereocenters. The minimum atomic E-state index is -1.14. The van der Waals surface area contributed by atoms with Crippen LogP contribution in [0.3, 0.4) is 0 Å². The Hall–Kier alpha value is -3.39. The summed E-state index contributed by atoms with van der Waals surface area (Å²) in [6, 6.07) is 16.4. The van der Waals surface area contributed by atoms with Gasteiger partial charge in [-0.05, 0) is 60.3 Å². The van der Waals surface area contributed by atoms with E-state index in [1.165, 1.54) is 29.2 Å². The highest BCUT2D eigenvalue weighted by Crippen LogP contribution is 2.50. The van der Waals surface area contributed by atoms with Crippen molar-refractivity contribution < 1.29 is 29.1 Å². The number of hydrogen-bond donors (Lipinski definition) is 3. The summed E-state index contributed by atoms with van der Waals surface area (Å²) in [5, 5.41) is 11.8. The second kappa shape index (κ2) is 9.10. The van der Waals surface area contributed by atoms with Gasteiger partial charge in [0.15, 0.2) is 6.10 Å². The van der Waals surface area contributed by atoms with Crippen molar-refractivity contribution in [3.8, 4) is 11.1 Å². The molecule has 2 aromatic rings. The summed E-state index contributed by atoms with van der Waals surface area (Å²) in [5.41, 5.74) is 6.98. The number of carboxylic acid groups (broad SMARTS) is 1. The maximum absolute atomic E-state index is 12.6. The zero-order valence-electron chi connectivity index (χ0n) is 18.9. The SMILES string of the molecule is CC(ONC(=O)C1CC2CC(NC(=O)OCC3c4ccccc4-c4ccccc43)C2C1)C(=O)O. The molecule has 3 aliphatic carbocycles. The molecule has 2 amide bonds. The number of carbonyl (C=O) groups is 3. The molecule has 0 aliphatic heterocycles. The van der Waals surface area contributed by atoms with E-state index >= 15 is 0 Å². The van der Waals surface area contributed by atoms with Crippen molar-refractivity contribution in [3.05, 3.63) is 59.7 Å². The van der Waals surface area contributed by atoms with Crippen LogP contribution in [0.25, 0.3) is 11.1 Å². The minimum Gasteiger partial charge on any atom is -0.479 e. The van der Waals surface area contributed by atoms with Gasteiger partial charge >= 0.3 is 12.1 Å². The molecule has 178 valence electrons. The number of hydroxylamine groups is 1. The number of rotatable bonds is 7. The second-order valence-electron chi connectivity index (χ2n) is 9.47. The molecule has 0 saturated heterocycles. The van der Waals surface area contributed by atoms with Gasteiger partial charge in [-0.2, -0.15) is 0 Å². The van der Waals surface area contributed by atoms with Gasteiger partial charge in [-0.15, -0.1) is 0 Å². The lowest BCUT2D eigenvalue weighted by molar-refractivity contribution is -0.160. The third-order valence-corrected chi connectivity index (χ3v) is 7.52. The predicted molar refractivity (Wildman–Crippen MR) is 123 cm³/mol. The number of ether oxygens (including phenoxy) is 1. The van der Waals surface area contributed by atoms with Crippen molar-refractivity contribution in [2.75, 3.05) is 6.61 Å². The lowest BCUT2D eigenvalue weighted by Crippen LogP contribution is -2.50. The lowest BCUT2D eigenvalue weighted by Gasteiger charge is -2.40. The fraction of sp³-hybridized carbons (Fsp3) is 0.423. The highest BCUT2D eigenvalue weighted by atomic mass is 16.7. The molecule has 2 fully saturated rings. The van der Waals surface area contributed by atoms with Crippen LogP contribution in [0, 0.1) is 17.8 Å². The van der Waals surface area contributed by atoms with Crippen molar-refractivity contribution in [2.45, 2.75) is 44.2 Å². The number of fused-ring (bicyclic) bond motifs is 4. The molecule has 3 aliphatic rings. The standard InChI is InChI=1S/C26H28N2O6/c1-14(25(30)31)34-28-24(29)16-10-15-12-23(21(15)11-16)27-26(32)33-13-22-19-8-4-2-6-17(19)18-7-3-5-9-20(18)22/h2-9,14-16,21-23H,10-13H2,1H3,(H,27,32)(H,28,29)(H,30,31). The van der Waals surface area contributed by atoms with Gasteiger partial charge in [0.2, 0.25) is 5.91 Å². The van der Waals surface area contributed by atoms with Gasteiger partial charge < -0.3 is 15.2 Å². The number of benzene rings is 2. The molecule has 3 N–H and O–H groups in total. The van der Waals surface area contributed by atoms with Gasteiger partial charge in [-0.1, -0.05) is 48.5 Å². The van der Waals surface area contributed by atoms with Crippen LogP contribution in [0.4, 0.5) is 4.79 Å².